The highest BCUT2D eigenvalue weighted by Crippen LogP contribution is 2.30. The molecular weight excluding hydrogens is 435 g/mol. The van der Waals surface area contributed by atoms with Gasteiger partial charge in [-0.25, -0.2) is 18.7 Å². The first kappa shape index (κ1) is 21.9. The van der Waals surface area contributed by atoms with Gasteiger partial charge >= 0.3 is 6.09 Å². The molecule has 1 aliphatic heterocycles. The zero-order valence-corrected chi connectivity index (χ0v) is 18.8. The average Bonchev–Trinajstić information content (AvgIpc) is 3.20. The summed E-state index contributed by atoms with van der Waals surface area (Å²) in [7, 11) is 0. The Morgan fingerprint density at radius 1 is 1.12 bits per heavy atom. The molecule has 2 aromatic carbocycles. The average molecular weight is 461 g/mol. The van der Waals surface area contributed by atoms with Crippen LogP contribution >= 0.6 is 0 Å². The number of rotatable bonds is 4. The number of carbonyl (C=O) groups is 1. The Balaban J connectivity index is 1.32. The number of benzene rings is 2. The van der Waals surface area contributed by atoms with Crippen LogP contribution < -0.4 is 5.56 Å². The van der Waals surface area contributed by atoms with Crippen molar-refractivity contribution in [2.24, 2.45) is 0 Å². The lowest BCUT2D eigenvalue weighted by molar-refractivity contribution is 0.0868. The lowest BCUT2D eigenvalue weighted by Gasteiger charge is -2.31. The van der Waals surface area contributed by atoms with E-state index in [-0.39, 0.29) is 30.0 Å². The number of hydrogen-bond donors (Lipinski definition) is 1. The molecular formula is C26H25FN4O3. The van der Waals surface area contributed by atoms with Crippen molar-refractivity contribution in [3.63, 3.8) is 0 Å². The van der Waals surface area contributed by atoms with Crippen LogP contribution in [0.4, 0.5) is 9.18 Å². The van der Waals surface area contributed by atoms with Crippen molar-refractivity contribution in [2.45, 2.75) is 32.3 Å². The van der Waals surface area contributed by atoms with Crippen LogP contribution in [-0.2, 0) is 11.3 Å². The summed E-state index contributed by atoms with van der Waals surface area (Å²) in [6.45, 7) is 3.19. The van der Waals surface area contributed by atoms with Crippen molar-refractivity contribution in [3.05, 3.63) is 93.8 Å². The van der Waals surface area contributed by atoms with Gasteiger partial charge in [0, 0.05) is 36.3 Å². The molecule has 174 valence electrons. The highest BCUT2D eigenvalue weighted by Gasteiger charge is 2.27. The molecule has 2 aromatic heterocycles. The molecule has 0 radical (unpaired) electrons. The highest BCUT2D eigenvalue weighted by molar-refractivity contribution is 5.79. The van der Waals surface area contributed by atoms with E-state index in [1.165, 1.54) is 16.6 Å². The SMILES string of the molecule is Cc1[nH]n2c(=O)cc(C3CCN(C(=O)OCc4ccccc4)CC3)nc2c1-c1ccc(F)cc1. The number of hydrogen-bond acceptors (Lipinski definition) is 4. The molecule has 1 saturated heterocycles. The molecule has 1 N–H and O–H groups in total. The van der Waals surface area contributed by atoms with Crippen LogP contribution in [0.15, 0.2) is 65.5 Å². The molecule has 0 bridgehead atoms. The van der Waals surface area contributed by atoms with Crippen molar-refractivity contribution in [3.8, 4) is 11.1 Å². The van der Waals surface area contributed by atoms with E-state index in [1.807, 2.05) is 37.3 Å². The van der Waals surface area contributed by atoms with Crippen LogP contribution in [0.5, 0.6) is 0 Å². The van der Waals surface area contributed by atoms with Crippen molar-refractivity contribution < 1.29 is 13.9 Å². The van der Waals surface area contributed by atoms with Crippen LogP contribution in [0.1, 0.15) is 35.7 Å². The molecule has 4 aromatic rings. The first-order valence-electron chi connectivity index (χ1n) is 11.3. The summed E-state index contributed by atoms with van der Waals surface area (Å²) in [5.41, 5.74) is 4.34. The maximum Gasteiger partial charge on any atom is 0.410 e. The lowest BCUT2D eigenvalue weighted by atomic mass is 9.93. The predicted octanol–water partition coefficient (Wildman–Crippen LogP) is 4.65. The maximum absolute atomic E-state index is 13.4. The quantitative estimate of drug-likeness (QED) is 0.481. The van der Waals surface area contributed by atoms with Gasteiger partial charge in [-0.05, 0) is 43.0 Å². The van der Waals surface area contributed by atoms with Crippen LogP contribution in [0.25, 0.3) is 16.8 Å². The van der Waals surface area contributed by atoms with Gasteiger partial charge < -0.3 is 9.64 Å². The summed E-state index contributed by atoms with van der Waals surface area (Å²) in [5.74, 6) is -0.256. The van der Waals surface area contributed by atoms with Crippen LogP contribution in [0, 0.1) is 12.7 Å². The van der Waals surface area contributed by atoms with E-state index in [0.717, 1.165) is 22.4 Å². The second-order valence-corrected chi connectivity index (χ2v) is 8.60. The fourth-order valence-electron chi connectivity index (χ4n) is 4.51. The van der Waals surface area contributed by atoms with Crippen molar-refractivity contribution in [2.75, 3.05) is 13.1 Å². The van der Waals surface area contributed by atoms with Crippen molar-refractivity contribution >= 4 is 11.7 Å². The minimum atomic E-state index is -0.328. The minimum absolute atomic E-state index is 0.0622. The third kappa shape index (κ3) is 4.31. The Hall–Kier alpha value is -3.94. The van der Waals surface area contributed by atoms with E-state index in [4.69, 9.17) is 9.72 Å². The Kier molecular flexibility index (Phi) is 5.88. The number of aromatic amines is 1. The number of H-pyrrole nitrogens is 1. The smallest absolute Gasteiger partial charge is 0.410 e. The number of nitrogens with one attached hydrogen (secondary N) is 1. The number of ether oxygens (including phenoxy) is 1. The van der Waals surface area contributed by atoms with E-state index in [2.05, 4.69) is 5.10 Å². The summed E-state index contributed by atoms with van der Waals surface area (Å²) >= 11 is 0. The van der Waals surface area contributed by atoms with E-state index < -0.39 is 0 Å². The maximum atomic E-state index is 13.4. The number of halogens is 1. The van der Waals surface area contributed by atoms with Gasteiger partial charge in [-0.1, -0.05) is 42.5 Å². The van der Waals surface area contributed by atoms with Crippen LogP contribution in [0.3, 0.4) is 0 Å². The lowest BCUT2D eigenvalue weighted by Crippen LogP contribution is -2.38. The largest absolute Gasteiger partial charge is 0.445 e. The molecule has 0 aliphatic carbocycles. The predicted molar refractivity (Wildman–Crippen MR) is 126 cm³/mol. The zero-order chi connectivity index (χ0) is 23.7. The summed E-state index contributed by atoms with van der Waals surface area (Å²) < 4.78 is 20.3. The minimum Gasteiger partial charge on any atom is -0.445 e. The molecule has 7 nitrogen and oxygen atoms in total. The van der Waals surface area contributed by atoms with E-state index in [1.54, 1.807) is 23.1 Å². The number of piperidine rings is 1. The standard InChI is InChI=1S/C26H25FN4O3/c1-17-24(20-7-9-21(27)10-8-20)25-28-22(15-23(32)31(25)29-17)19-11-13-30(14-12-19)26(33)34-16-18-5-3-2-4-6-18/h2-10,15,19,29H,11-14,16H2,1H3. The molecule has 3 heterocycles. The van der Waals surface area contributed by atoms with E-state index >= 15 is 0 Å². The molecule has 0 unspecified atom stereocenters. The Morgan fingerprint density at radius 2 is 1.82 bits per heavy atom. The molecule has 0 saturated carbocycles. The molecule has 8 heteroatoms. The Labute approximate surface area is 195 Å². The van der Waals surface area contributed by atoms with Crippen molar-refractivity contribution in [1.29, 1.82) is 0 Å². The molecule has 1 aliphatic rings. The second-order valence-electron chi connectivity index (χ2n) is 8.60. The number of fused-ring (bicyclic) bond motifs is 1. The monoisotopic (exact) mass is 460 g/mol. The molecule has 1 fully saturated rings. The summed E-state index contributed by atoms with van der Waals surface area (Å²) in [5, 5.41) is 3.07. The molecule has 0 atom stereocenters. The number of aromatic nitrogens is 3. The van der Waals surface area contributed by atoms with E-state index in [0.29, 0.717) is 37.3 Å². The Bertz CT molecular complexity index is 1370. The van der Waals surface area contributed by atoms with Gasteiger partial charge in [-0.15, -0.1) is 0 Å². The number of likely N-dealkylation sites (tertiary alicyclic amines) is 1. The van der Waals surface area contributed by atoms with Gasteiger partial charge in [0.2, 0.25) is 0 Å². The number of carbonyl (C=O) groups excluding carboxylic acids is 1. The normalized spacial score (nSPS) is 14.5. The molecule has 1 amide bonds. The first-order chi connectivity index (χ1) is 16.5. The third-order valence-corrected chi connectivity index (χ3v) is 6.33. The number of aryl methyl sites for hydroxylation is 1. The third-order valence-electron chi connectivity index (χ3n) is 6.33. The van der Waals surface area contributed by atoms with Crippen molar-refractivity contribution in [1.82, 2.24) is 19.5 Å². The van der Waals surface area contributed by atoms with Gasteiger partial charge in [0.1, 0.15) is 12.4 Å². The summed E-state index contributed by atoms with van der Waals surface area (Å²) in [6.07, 6.45) is 1.06. The fraction of sp³-hybridized carbons (Fsp3) is 0.269. The topological polar surface area (TPSA) is 79.7 Å². The van der Waals surface area contributed by atoms with E-state index in [9.17, 15) is 14.0 Å². The second kappa shape index (κ2) is 9.13. The summed E-state index contributed by atoms with van der Waals surface area (Å²) in [4.78, 5) is 31.8. The van der Waals surface area contributed by atoms with Gasteiger partial charge in [-0.3, -0.25) is 9.89 Å². The molecule has 0 spiro atoms. The van der Waals surface area contributed by atoms with Gasteiger partial charge in [0.15, 0.2) is 5.65 Å². The van der Waals surface area contributed by atoms with Crippen LogP contribution in [0.2, 0.25) is 0 Å². The first-order valence-corrected chi connectivity index (χ1v) is 11.3. The van der Waals surface area contributed by atoms with Gasteiger partial charge in [0.05, 0.1) is 5.69 Å². The van der Waals surface area contributed by atoms with Gasteiger partial charge in [-0.2, -0.15) is 0 Å². The summed E-state index contributed by atoms with van der Waals surface area (Å²) in [6, 6.07) is 17.3. The van der Waals surface area contributed by atoms with Crippen LogP contribution in [-0.4, -0.2) is 38.7 Å². The van der Waals surface area contributed by atoms with Gasteiger partial charge in [0.25, 0.3) is 5.56 Å². The number of amides is 1. The molecule has 34 heavy (non-hydrogen) atoms. The molecule has 5 rings (SSSR count). The number of nitrogens with zero attached hydrogens (tertiary/aromatic N) is 3. The Morgan fingerprint density at radius 3 is 2.53 bits per heavy atom. The zero-order valence-electron chi connectivity index (χ0n) is 18.8. The highest BCUT2D eigenvalue weighted by atomic mass is 19.1. The fourth-order valence-corrected chi connectivity index (χ4v) is 4.51.